The second-order valence-corrected chi connectivity index (χ2v) is 6.37. The highest BCUT2D eigenvalue weighted by Gasteiger charge is 2.31. The minimum Gasteiger partial charge on any atom is -0.497 e. The van der Waals surface area contributed by atoms with E-state index in [1.54, 1.807) is 14.0 Å². The minimum atomic E-state index is -0.626. The average Bonchev–Trinajstić information content (AvgIpc) is 2.61. The Morgan fingerprint density at radius 3 is 2.60 bits per heavy atom. The van der Waals surface area contributed by atoms with Gasteiger partial charge in [-0.15, -0.1) is 12.3 Å². The van der Waals surface area contributed by atoms with Crippen molar-refractivity contribution in [1.82, 2.24) is 0 Å². The number of rotatable bonds is 8. The first-order valence-corrected chi connectivity index (χ1v) is 8.70. The van der Waals surface area contributed by atoms with E-state index in [1.807, 2.05) is 31.2 Å². The van der Waals surface area contributed by atoms with E-state index >= 15 is 0 Å². The molecule has 5 heteroatoms. The van der Waals surface area contributed by atoms with Gasteiger partial charge in [0.05, 0.1) is 38.1 Å². The minimum absolute atomic E-state index is 0.0135. The summed E-state index contributed by atoms with van der Waals surface area (Å²) in [7, 11) is 1.65. The molecule has 25 heavy (non-hydrogen) atoms. The first kappa shape index (κ1) is 19.7. The van der Waals surface area contributed by atoms with Gasteiger partial charge in [0.25, 0.3) is 0 Å². The maximum absolute atomic E-state index is 9.73. The predicted molar refractivity (Wildman–Crippen MR) is 95.1 cm³/mol. The van der Waals surface area contributed by atoms with Gasteiger partial charge in [0, 0.05) is 12.8 Å². The molecular weight excluding hydrogens is 320 g/mol. The van der Waals surface area contributed by atoms with Gasteiger partial charge in [-0.3, -0.25) is 0 Å². The molecular formula is C20H28O5. The number of hydrogen-bond acceptors (Lipinski definition) is 5. The summed E-state index contributed by atoms with van der Waals surface area (Å²) in [4.78, 5) is 0. The summed E-state index contributed by atoms with van der Waals surface area (Å²) in [5.41, 5.74) is 1.09. The van der Waals surface area contributed by atoms with E-state index in [1.165, 1.54) is 0 Å². The maximum atomic E-state index is 9.73. The van der Waals surface area contributed by atoms with Gasteiger partial charge < -0.3 is 24.1 Å². The van der Waals surface area contributed by atoms with E-state index in [0.717, 1.165) is 17.7 Å². The summed E-state index contributed by atoms with van der Waals surface area (Å²) in [6.07, 6.45) is 5.78. The Morgan fingerprint density at radius 1 is 1.32 bits per heavy atom. The SMILES string of the molecule is C#CC[C@H](O[C@H]1CC[C@H](OCc2ccc(OC)cc2)[C@H](C)O1)[C@H](C)O. The van der Waals surface area contributed by atoms with Crippen molar-refractivity contribution in [2.75, 3.05) is 7.11 Å². The van der Waals surface area contributed by atoms with Crippen LogP contribution in [0.1, 0.15) is 38.7 Å². The molecule has 0 aliphatic carbocycles. The van der Waals surface area contributed by atoms with E-state index in [-0.39, 0.29) is 18.5 Å². The molecule has 0 bridgehead atoms. The topological polar surface area (TPSA) is 57.2 Å². The third kappa shape index (κ3) is 6.02. The van der Waals surface area contributed by atoms with Crippen LogP contribution < -0.4 is 4.74 Å². The van der Waals surface area contributed by atoms with Crippen LogP contribution in [0.15, 0.2) is 24.3 Å². The van der Waals surface area contributed by atoms with E-state index in [0.29, 0.717) is 19.4 Å². The predicted octanol–water partition coefficient (Wildman–Crippen LogP) is 2.89. The number of benzene rings is 1. The quantitative estimate of drug-likeness (QED) is 0.732. The van der Waals surface area contributed by atoms with Crippen LogP contribution >= 0.6 is 0 Å². The molecule has 2 rings (SSSR count). The van der Waals surface area contributed by atoms with E-state index in [9.17, 15) is 5.11 Å². The molecule has 0 aromatic heterocycles. The van der Waals surface area contributed by atoms with Crippen molar-refractivity contribution in [2.24, 2.45) is 0 Å². The monoisotopic (exact) mass is 348 g/mol. The van der Waals surface area contributed by atoms with Gasteiger partial charge in [0.15, 0.2) is 6.29 Å². The molecule has 138 valence electrons. The zero-order chi connectivity index (χ0) is 18.2. The van der Waals surface area contributed by atoms with E-state index < -0.39 is 12.2 Å². The van der Waals surface area contributed by atoms with Crippen molar-refractivity contribution in [3.63, 3.8) is 0 Å². The van der Waals surface area contributed by atoms with Crippen LogP contribution in [0.3, 0.4) is 0 Å². The van der Waals surface area contributed by atoms with Gasteiger partial charge in [-0.25, -0.2) is 0 Å². The highest BCUT2D eigenvalue weighted by molar-refractivity contribution is 5.26. The molecule has 1 aliphatic heterocycles. The molecule has 5 atom stereocenters. The van der Waals surface area contributed by atoms with Gasteiger partial charge >= 0.3 is 0 Å². The number of aliphatic hydroxyl groups excluding tert-OH is 1. The molecule has 1 aromatic carbocycles. The van der Waals surface area contributed by atoms with Crippen LogP contribution in [0, 0.1) is 12.3 Å². The Morgan fingerprint density at radius 2 is 2.04 bits per heavy atom. The van der Waals surface area contributed by atoms with Crippen LogP contribution in [0.25, 0.3) is 0 Å². The lowest BCUT2D eigenvalue weighted by Crippen LogP contribution is -2.42. The number of ether oxygens (including phenoxy) is 4. The van der Waals surface area contributed by atoms with Crippen molar-refractivity contribution in [3.05, 3.63) is 29.8 Å². The average molecular weight is 348 g/mol. The highest BCUT2D eigenvalue weighted by Crippen LogP contribution is 2.25. The van der Waals surface area contributed by atoms with Crippen molar-refractivity contribution < 1.29 is 24.1 Å². The first-order valence-electron chi connectivity index (χ1n) is 8.70. The lowest BCUT2D eigenvalue weighted by Gasteiger charge is -2.36. The number of methoxy groups -OCH3 is 1. The van der Waals surface area contributed by atoms with E-state index in [4.69, 9.17) is 25.4 Å². The van der Waals surface area contributed by atoms with Gasteiger partial charge in [0.2, 0.25) is 0 Å². The van der Waals surface area contributed by atoms with Crippen LogP contribution in [0.5, 0.6) is 5.75 Å². The zero-order valence-electron chi connectivity index (χ0n) is 15.2. The molecule has 1 fully saturated rings. The van der Waals surface area contributed by atoms with Gasteiger partial charge in [-0.1, -0.05) is 12.1 Å². The normalized spacial score (nSPS) is 25.8. The molecule has 1 aliphatic rings. The molecule has 0 unspecified atom stereocenters. The summed E-state index contributed by atoms with van der Waals surface area (Å²) in [5.74, 6) is 3.36. The van der Waals surface area contributed by atoms with Gasteiger partial charge in [-0.2, -0.15) is 0 Å². The fourth-order valence-electron chi connectivity index (χ4n) is 2.82. The highest BCUT2D eigenvalue weighted by atomic mass is 16.7. The van der Waals surface area contributed by atoms with Crippen molar-refractivity contribution in [2.45, 2.75) is 70.4 Å². The third-order valence-corrected chi connectivity index (χ3v) is 4.38. The van der Waals surface area contributed by atoms with Crippen LogP contribution in [0.4, 0.5) is 0 Å². The molecule has 5 nitrogen and oxygen atoms in total. The van der Waals surface area contributed by atoms with Crippen LogP contribution in [-0.2, 0) is 20.8 Å². The maximum Gasteiger partial charge on any atom is 0.158 e. The number of hydrogen-bond donors (Lipinski definition) is 1. The zero-order valence-corrected chi connectivity index (χ0v) is 15.2. The first-order chi connectivity index (χ1) is 12.0. The lowest BCUT2D eigenvalue weighted by molar-refractivity contribution is -0.251. The van der Waals surface area contributed by atoms with Crippen molar-refractivity contribution in [1.29, 1.82) is 0 Å². The number of terminal acetylenes is 1. The largest absolute Gasteiger partial charge is 0.497 e. The lowest BCUT2D eigenvalue weighted by atomic mass is 10.1. The third-order valence-electron chi connectivity index (χ3n) is 4.38. The Hall–Kier alpha value is -1.58. The Balaban J connectivity index is 1.79. The Kier molecular flexibility index (Phi) is 7.73. The van der Waals surface area contributed by atoms with Gasteiger partial charge in [0.1, 0.15) is 5.75 Å². The summed E-state index contributed by atoms with van der Waals surface area (Å²) in [6.45, 7) is 4.18. The second-order valence-electron chi connectivity index (χ2n) is 6.37. The number of aliphatic hydroxyl groups is 1. The van der Waals surface area contributed by atoms with Crippen LogP contribution in [-0.4, -0.2) is 42.9 Å². The molecule has 0 radical (unpaired) electrons. The molecule has 1 heterocycles. The molecule has 0 amide bonds. The summed E-state index contributed by atoms with van der Waals surface area (Å²) in [6, 6.07) is 7.83. The second kappa shape index (κ2) is 9.79. The summed E-state index contributed by atoms with van der Waals surface area (Å²) < 4.78 is 22.9. The fourth-order valence-corrected chi connectivity index (χ4v) is 2.82. The Bertz CT molecular complexity index is 548. The molecule has 0 saturated carbocycles. The Labute approximate surface area is 150 Å². The van der Waals surface area contributed by atoms with Crippen molar-refractivity contribution in [3.8, 4) is 18.1 Å². The fraction of sp³-hybridized carbons (Fsp3) is 0.600. The van der Waals surface area contributed by atoms with Gasteiger partial charge in [-0.05, 0) is 38.0 Å². The summed E-state index contributed by atoms with van der Waals surface area (Å²) in [5, 5.41) is 9.73. The van der Waals surface area contributed by atoms with Crippen LogP contribution in [0.2, 0.25) is 0 Å². The molecule has 0 spiro atoms. The van der Waals surface area contributed by atoms with Crippen molar-refractivity contribution >= 4 is 0 Å². The smallest absolute Gasteiger partial charge is 0.158 e. The van der Waals surface area contributed by atoms with E-state index in [2.05, 4.69) is 5.92 Å². The molecule has 1 saturated heterocycles. The summed E-state index contributed by atoms with van der Waals surface area (Å²) >= 11 is 0. The molecule has 1 aromatic rings. The standard InChI is InChI=1S/C20H28O5/c1-5-6-18(14(2)21)25-20-12-11-19(15(3)24-20)23-13-16-7-9-17(22-4)10-8-16/h1,7-10,14-15,18-21H,6,11-13H2,2-4H3/t14-,15-,18-,19-,20-/m0/s1. The molecule has 1 N–H and O–H groups in total.